The van der Waals surface area contributed by atoms with Gasteiger partial charge in [0.05, 0.1) is 17.2 Å². The Morgan fingerprint density at radius 1 is 1.16 bits per heavy atom. The predicted octanol–water partition coefficient (Wildman–Crippen LogP) is 3.64. The Bertz CT molecular complexity index is 1660. The van der Waals surface area contributed by atoms with E-state index in [-0.39, 0.29) is 24.1 Å². The van der Waals surface area contributed by atoms with Gasteiger partial charge >= 0.3 is 0 Å². The van der Waals surface area contributed by atoms with Crippen LogP contribution in [0.2, 0.25) is 0 Å². The summed E-state index contributed by atoms with van der Waals surface area (Å²) in [7, 11) is 0. The molecule has 1 fully saturated rings. The maximum atomic E-state index is 15.5. The molecule has 0 radical (unpaired) electrons. The van der Waals surface area contributed by atoms with Crippen molar-refractivity contribution in [2.24, 2.45) is 0 Å². The van der Waals surface area contributed by atoms with E-state index in [4.69, 9.17) is 14.5 Å². The van der Waals surface area contributed by atoms with Gasteiger partial charge in [-0.15, -0.1) is 12.4 Å². The first-order valence-corrected chi connectivity index (χ1v) is 11.9. The quantitative estimate of drug-likeness (QED) is 0.353. The molecule has 2 bridgehead atoms. The fraction of sp³-hybridized carbons (Fsp3) is 0.240. The number of ether oxygens (including phenoxy) is 2. The minimum atomic E-state index is -0.448. The zero-order valence-corrected chi connectivity index (χ0v) is 21.1. The van der Waals surface area contributed by atoms with Crippen molar-refractivity contribution in [3.8, 4) is 17.2 Å². The van der Waals surface area contributed by atoms with Gasteiger partial charge in [0.1, 0.15) is 36.3 Å². The monoisotopic (exact) mass is 535 g/mol. The van der Waals surface area contributed by atoms with Crippen LogP contribution in [-0.4, -0.2) is 61.8 Å². The van der Waals surface area contributed by atoms with E-state index >= 15 is 4.39 Å². The summed E-state index contributed by atoms with van der Waals surface area (Å²) < 4.78 is 29.1. The number of fused-ring (bicyclic) bond motifs is 6. The van der Waals surface area contributed by atoms with Crippen LogP contribution in [0.3, 0.4) is 0 Å². The van der Waals surface area contributed by atoms with Crippen molar-refractivity contribution >= 4 is 46.4 Å². The second kappa shape index (κ2) is 9.54. The molecule has 0 aliphatic carbocycles. The van der Waals surface area contributed by atoms with E-state index in [9.17, 15) is 0 Å². The first kappa shape index (κ1) is 24.1. The summed E-state index contributed by atoms with van der Waals surface area (Å²) in [5.74, 6) is 2.33. The number of aromatic nitrogens is 6. The van der Waals surface area contributed by atoms with Gasteiger partial charge in [0.2, 0.25) is 0 Å². The Kier molecular flexibility index (Phi) is 6.04. The first-order valence-electron chi connectivity index (χ1n) is 11.9. The molecule has 7 rings (SSSR count). The molecule has 0 saturated carbocycles. The van der Waals surface area contributed by atoms with Crippen LogP contribution in [0, 0.1) is 12.7 Å². The van der Waals surface area contributed by atoms with Crippen LogP contribution < -0.4 is 25.0 Å². The van der Waals surface area contributed by atoms with Crippen LogP contribution in [0.4, 0.5) is 21.7 Å². The predicted molar refractivity (Wildman–Crippen MR) is 142 cm³/mol. The Balaban J connectivity index is 0.00000264. The third-order valence-corrected chi connectivity index (χ3v) is 6.62. The van der Waals surface area contributed by atoms with E-state index in [1.807, 2.05) is 6.07 Å². The highest BCUT2D eigenvalue weighted by atomic mass is 35.5. The van der Waals surface area contributed by atoms with E-state index < -0.39 is 5.82 Å². The number of pyridine rings is 2. The summed E-state index contributed by atoms with van der Waals surface area (Å²) in [6, 6.07) is 8.93. The van der Waals surface area contributed by atoms with E-state index in [1.165, 1.54) is 12.7 Å². The molecule has 5 aromatic rings. The number of anilines is 3. The lowest BCUT2D eigenvalue weighted by Gasteiger charge is -2.31. The Labute approximate surface area is 222 Å². The fourth-order valence-corrected chi connectivity index (χ4v) is 4.69. The number of piperazine rings is 1. The normalized spacial score (nSPS) is 16.4. The molecular formula is C25H23ClFN9O2. The SMILES string of the molecule is Cc1c(Oc2ccn3ncnc3c2)ccc(Nc2ncnc3cc4c(nc23)N2CCNC(CO4)C2)c1F.Cl. The van der Waals surface area contributed by atoms with Gasteiger partial charge in [-0.2, -0.15) is 5.10 Å². The maximum Gasteiger partial charge on any atom is 0.172 e. The molecule has 1 aromatic carbocycles. The standard InChI is InChI=1S/C25H22FN9O2.ClH/c1-14-19(37-16-4-6-35-21(8-16)29-13-31-35)3-2-17(22(14)26)32-24-23-18(28-12-30-24)9-20-25(33-23)34-7-5-27-15(10-34)11-36-20;/h2-4,6,8-9,12-13,15,27H,5,7,10-11H2,1H3,(H,28,30,32);1H. The average Bonchev–Trinajstić information content (AvgIpc) is 3.35. The van der Waals surface area contributed by atoms with Gasteiger partial charge in [0.15, 0.2) is 28.8 Å². The maximum absolute atomic E-state index is 15.5. The lowest BCUT2D eigenvalue weighted by atomic mass is 10.1. The van der Waals surface area contributed by atoms with Crippen LogP contribution in [0.15, 0.2) is 49.2 Å². The molecule has 6 heterocycles. The molecule has 1 unspecified atom stereocenters. The number of hydrogen-bond donors (Lipinski definition) is 2. The fourth-order valence-electron chi connectivity index (χ4n) is 4.69. The number of nitrogens with zero attached hydrogens (tertiary/aromatic N) is 7. The molecule has 194 valence electrons. The van der Waals surface area contributed by atoms with Gasteiger partial charge in [-0.05, 0) is 25.1 Å². The summed E-state index contributed by atoms with van der Waals surface area (Å²) in [6.45, 7) is 4.72. The van der Waals surface area contributed by atoms with E-state index in [2.05, 4.69) is 35.6 Å². The van der Waals surface area contributed by atoms with Crippen molar-refractivity contribution in [2.75, 3.05) is 36.5 Å². The minimum absolute atomic E-state index is 0. The van der Waals surface area contributed by atoms with Crippen molar-refractivity contribution in [1.29, 1.82) is 0 Å². The Hall–Kier alpha value is -4.29. The molecule has 1 atom stereocenters. The number of benzene rings is 1. The zero-order valence-electron chi connectivity index (χ0n) is 20.3. The molecular weight excluding hydrogens is 513 g/mol. The number of hydrogen-bond acceptors (Lipinski definition) is 10. The third-order valence-electron chi connectivity index (χ3n) is 6.62. The van der Waals surface area contributed by atoms with Gasteiger partial charge < -0.3 is 25.0 Å². The molecule has 1 saturated heterocycles. The summed E-state index contributed by atoms with van der Waals surface area (Å²) in [5, 5.41) is 10.6. The second-order valence-corrected chi connectivity index (χ2v) is 9.01. The van der Waals surface area contributed by atoms with Crippen LogP contribution in [0.5, 0.6) is 17.2 Å². The molecule has 2 aliphatic heterocycles. The topological polar surface area (TPSA) is 115 Å². The summed E-state index contributed by atoms with van der Waals surface area (Å²) in [4.78, 5) is 20.0. The molecule has 2 aliphatic rings. The van der Waals surface area contributed by atoms with Crippen LogP contribution >= 0.6 is 12.4 Å². The van der Waals surface area contributed by atoms with Crippen LogP contribution in [0.1, 0.15) is 5.56 Å². The van der Waals surface area contributed by atoms with Gasteiger partial charge in [-0.3, -0.25) is 0 Å². The van der Waals surface area contributed by atoms with Crippen molar-refractivity contribution in [3.63, 3.8) is 0 Å². The highest BCUT2D eigenvalue weighted by Crippen LogP contribution is 2.36. The third kappa shape index (κ3) is 4.17. The van der Waals surface area contributed by atoms with Gasteiger partial charge in [-0.25, -0.2) is 28.8 Å². The van der Waals surface area contributed by atoms with Gasteiger partial charge in [0.25, 0.3) is 0 Å². The number of rotatable bonds is 4. The van der Waals surface area contributed by atoms with E-state index in [0.717, 1.165) is 25.5 Å². The second-order valence-electron chi connectivity index (χ2n) is 9.01. The molecule has 0 spiro atoms. The van der Waals surface area contributed by atoms with E-state index in [1.54, 1.807) is 41.9 Å². The lowest BCUT2D eigenvalue weighted by molar-refractivity contribution is 0.271. The van der Waals surface area contributed by atoms with Gasteiger partial charge in [-0.1, -0.05) is 0 Å². The molecule has 4 aromatic heterocycles. The molecule has 13 heteroatoms. The van der Waals surface area contributed by atoms with Crippen molar-refractivity contribution in [3.05, 3.63) is 60.6 Å². The summed E-state index contributed by atoms with van der Waals surface area (Å²) in [5.41, 5.74) is 2.40. The Morgan fingerprint density at radius 2 is 2.08 bits per heavy atom. The van der Waals surface area contributed by atoms with Crippen LogP contribution in [0.25, 0.3) is 16.7 Å². The average molecular weight is 536 g/mol. The number of nitrogens with one attached hydrogen (secondary N) is 2. The molecule has 38 heavy (non-hydrogen) atoms. The molecule has 0 amide bonds. The van der Waals surface area contributed by atoms with E-state index in [0.29, 0.717) is 51.9 Å². The largest absolute Gasteiger partial charge is 0.488 e. The first-order chi connectivity index (χ1) is 18.1. The van der Waals surface area contributed by atoms with Crippen molar-refractivity contribution < 1.29 is 13.9 Å². The number of halogens is 2. The summed E-state index contributed by atoms with van der Waals surface area (Å²) >= 11 is 0. The highest BCUT2D eigenvalue weighted by Gasteiger charge is 2.28. The van der Waals surface area contributed by atoms with Crippen molar-refractivity contribution in [2.45, 2.75) is 13.0 Å². The van der Waals surface area contributed by atoms with Crippen molar-refractivity contribution in [1.82, 2.24) is 34.9 Å². The smallest absolute Gasteiger partial charge is 0.172 e. The minimum Gasteiger partial charge on any atom is -0.488 e. The molecule has 11 nitrogen and oxygen atoms in total. The highest BCUT2D eigenvalue weighted by molar-refractivity contribution is 5.90. The van der Waals surface area contributed by atoms with Crippen LogP contribution in [-0.2, 0) is 0 Å². The Morgan fingerprint density at radius 3 is 3.00 bits per heavy atom. The zero-order chi connectivity index (χ0) is 24.9. The molecule has 2 N–H and O–H groups in total. The summed E-state index contributed by atoms with van der Waals surface area (Å²) in [6.07, 6.45) is 4.62. The van der Waals surface area contributed by atoms with Gasteiger partial charge in [0, 0.05) is 43.5 Å². The lowest BCUT2D eigenvalue weighted by Crippen LogP contribution is -2.51.